The van der Waals surface area contributed by atoms with Crippen molar-refractivity contribution in [2.24, 2.45) is 0 Å². The molecular weight excluding hydrogens is 414 g/mol. The summed E-state index contributed by atoms with van der Waals surface area (Å²) in [6.07, 6.45) is 2.64. The van der Waals surface area contributed by atoms with Crippen LogP contribution in [0.3, 0.4) is 0 Å². The van der Waals surface area contributed by atoms with E-state index in [1.807, 2.05) is 31.2 Å². The maximum atomic E-state index is 12.5. The van der Waals surface area contributed by atoms with Crippen molar-refractivity contribution in [2.45, 2.75) is 57.8 Å². The highest BCUT2D eigenvalue weighted by Gasteiger charge is 2.38. The van der Waals surface area contributed by atoms with Crippen molar-refractivity contribution in [2.75, 3.05) is 11.9 Å². The number of carbonyl (C=O) groups is 1. The fourth-order valence-corrected chi connectivity index (χ4v) is 4.32. The van der Waals surface area contributed by atoms with Crippen molar-refractivity contribution in [3.63, 3.8) is 0 Å². The fraction of sp³-hybridized carbons (Fsp3) is 0.400. The number of fused-ring (bicyclic) bond motifs is 1. The van der Waals surface area contributed by atoms with Gasteiger partial charge < -0.3 is 19.5 Å². The Morgan fingerprint density at radius 1 is 1.23 bits per heavy atom. The van der Waals surface area contributed by atoms with Crippen LogP contribution in [0.15, 0.2) is 54.5 Å². The van der Waals surface area contributed by atoms with Crippen LogP contribution >= 0.6 is 11.6 Å². The summed E-state index contributed by atoms with van der Waals surface area (Å²) in [5, 5.41) is 3.95. The van der Waals surface area contributed by atoms with Gasteiger partial charge >= 0.3 is 5.97 Å². The summed E-state index contributed by atoms with van der Waals surface area (Å²) in [5.74, 6) is 0.760. The van der Waals surface area contributed by atoms with Crippen LogP contribution in [0.2, 0.25) is 5.02 Å². The summed E-state index contributed by atoms with van der Waals surface area (Å²) in [6.45, 7) is 6.56. The molecule has 0 fully saturated rings. The first-order valence-electron chi connectivity index (χ1n) is 10.8. The van der Waals surface area contributed by atoms with E-state index in [9.17, 15) is 4.79 Å². The lowest BCUT2D eigenvalue weighted by atomic mass is 9.83. The number of hydrogen-bond donors (Lipinski definition) is 1. The second-order valence-corrected chi connectivity index (χ2v) is 8.43. The lowest BCUT2D eigenvalue weighted by Crippen LogP contribution is -2.37. The van der Waals surface area contributed by atoms with E-state index >= 15 is 0 Å². The first kappa shape index (κ1) is 21.6. The van der Waals surface area contributed by atoms with Crippen molar-refractivity contribution in [1.29, 1.82) is 0 Å². The molecule has 31 heavy (non-hydrogen) atoms. The summed E-state index contributed by atoms with van der Waals surface area (Å²) in [5.41, 5.74) is 4.07. The van der Waals surface area contributed by atoms with Crippen LogP contribution in [-0.4, -0.2) is 18.6 Å². The normalized spacial score (nSPS) is 23.0. The second-order valence-electron chi connectivity index (χ2n) is 8.02. The molecule has 2 heterocycles. The monoisotopic (exact) mass is 441 g/mol. The standard InChI is InChI=1S/C25H28ClNO4/c1-4-15(3)16-10-11-21-18(12-16)19(13-22(27-21)24(28)29-5-2)23-14-30-25(31-23)17-8-6-7-9-20(17)26/h6-12,14-15,19,22,25,27H,4-5,13H2,1-3H3. The Kier molecular flexibility index (Phi) is 6.42. The number of ether oxygens (including phenoxy) is 3. The average molecular weight is 442 g/mol. The van der Waals surface area contributed by atoms with Gasteiger partial charge in [0.05, 0.1) is 17.2 Å². The minimum atomic E-state index is -0.596. The predicted octanol–water partition coefficient (Wildman–Crippen LogP) is 6.27. The largest absolute Gasteiger partial charge is 0.464 e. The summed E-state index contributed by atoms with van der Waals surface area (Å²) < 4.78 is 17.3. The Labute approximate surface area is 188 Å². The molecule has 164 valence electrons. The first-order valence-corrected chi connectivity index (χ1v) is 11.2. The molecule has 2 aromatic carbocycles. The summed E-state index contributed by atoms with van der Waals surface area (Å²) >= 11 is 6.34. The topological polar surface area (TPSA) is 56.8 Å². The molecule has 2 aromatic rings. The van der Waals surface area contributed by atoms with Crippen LogP contribution < -0.4 is 5.32 Å². The Hall–Kier alpha value is -2.66. The van der Waals surface area contributed by atoms with Gasteiger partial charge in [0.15, 0.2) is 0 Å². The SMILES string of the molecule is CCOC(=O)C1CC(C2=COC(c3ccccc3Cl)O2)c2cc(C(C)CC)ccc2N1. The molecule has 0 radical (unpaired) electrons. The minimum Gasteiger partial charge on any atom is -0.464 e. The number of anilines is 1. The second kappa shape index (κ2) is 9.23. The van der Waals surface area contributed by atoms with E-state index in [1.54, 1.807) is 6.26 Å². The molecule has 0 aromatic heterocycles. The number of esters is 1. The molecule has 5 nitrogen and oxygen atoms in total. The van der Waals surface area contributed by atoms with E-state index in [-0.39, 0.29) is 11.9 Å². The van der Waals surface area contributed by atoms with Crippen molar-refractivity contribution in [3.05, 3.63) is 76.2 Å². The first-order chi connectivity index (χ1) is 15.0. The smallest absolute Gasteiger partial charge is 0.328 e. The van der Waals surface area contributed by atoms with Gasteiger partial charge in [0, 0.05) is 11.6 Å². The number of carbonyl (C=O) groups excluding carboxylic acids is 1. The van der Waals surface area contributed by atoms with Gasteiger partial charge in [-0.15, -0.1) is 0 Å². The van der Waals surface area contributed by atoms with Crippen LogP contribution in [0.1, 0.15) is 68.4 Å². The quantitative estimate of drug-likeness (QED) is 0.535. The molecule has 0 aliphatic carbocycles. The van der Waals surface area contributed by atoms with Crippen molar-refractivity contribution in [3.8, 4) is 0 Å². The van der Waals surface area contributed by atoms with E-state index in [4.69, 9.17) is 25.8 Å². The zero-order valence-electron chi connectivity index (χ0n) is 18.1. The third-order valence-electron chi connectivity index (χ3n) is 6.06. The maximum absolute atomic E-state index is 12.5. The van der Waals surface area contributed by atoms with Crippen molar-refractivity contribution in [1.82, 2.24) is 0 Å². The van der Waals surface area contributed by atoms with Gasteiger partial charge in [-0.2, -0.15) is 0 Å². The highest BCUT2D eigenvalue weighted by Crippen LogP contribution is 2.45. The molecular formula is C25H28ClNO4. The number of hydrogen-bond acceptors (Lipinski definition) is 5. The predicted molar refractivity (Wildman–Crippen MR) is 121 cm³/mol. The Bertz CT molecular complexity index is 989. The van der Waals surface area contributed by atoms with Gasteiger partial charge in [-0.25, -0.2) is 4.79 Å². The number of benzene rings is 2. The van der Waals surface area contributed by atoms with Crippen molar-refractivity contribution < 1.29 is 19.0 Å². The van der Waals surface area contributed by atoms with E-state index in [0.717, 1.165) is 23.2 Å². The molecule has 0 spiro atoms. The molecule has 4 rings (SSSR count). The summed E-state index contributed by atoms with van der Waals surface area (Å²) in [4.78, 5) is 12.5. The number of rotatable bonds is 6. The molecule has 6 heteroatoms. The Morgan fingerprint density at radius 3 is 2.77 bits per heavy atom. The van der Waals surface area contributed by atoms with Gasteiger partial charge in [-0.1, -0.05) is 55.8 Å². The molecule has 1 N–H and O–H groups in total. The zero-order chi connectivity index (χ0) is 22.0. The molecule has 2 aliphatic rings. The molecule has 0 saturated heterocycles. The van der Waals surface area contributed by atoms with Crippen LogP contribution in [0, 0.1) is 0 Å². The maximum Gasteiger partial charge on any atom is 0.328 e. The van der Waals surface area contributed by atoms with Crippen LogP contribution in [0.25, 0.3) is 0 Å². The molecule has 4 atom stereocenters. The molecule has 2 aliphatic heterocycles. The summed E-state index contributed by atoms with van der Waals surface area (Å²) in [7, 11) is 0. The van der Waals surface area contributed by atoms with Crippen LogP contribution in [0.4, 0.5) is 5.69 Å². The molecule has 0 bridgehead atoms. The van der Waals surface area contributed by atoms with Gasteiger partial charge in [0.25, 0.3) is 6.29 Å². The number of allylic oxidation sites excluding steroid dienone is 1. The highest BCUT2D eigenvalue weighted by atomic mass is 35.5. The third-order valence-corrected chi connectivity index (χ3v) is 6.40. The van der Waals surface area contributed by atoms with Crippen molar-refractivity contribution >= 4 is 23.3 Å². The molecule has 4 unspecified atom stereocenters. The lowest BCUT2D eigenvalue weighted by Gasteiger charge is -2.32. The van der Waals surface area contributed by atoms with Gasteiger partial charge in [0.2, 0.25) is 0 Å². The van der Waals surface area contributed by atoms with E-state index < -0.39 is 12.3 Å². The van der Waals surface area contributed by atoms with E-state index in [0.29, 0.717) is 29.7 Å². The molecule has 0 amide bonds. The van der Waals surface area contributed by atoms with Gasteiger partial charge in [0.1, 0.15) is 18.1 Å². The van der Waals surface area contributed by atoms with Crippen LogP contribution in [0.5, 0.6) is 0 Å². The van der Waals surface area contributed by atoms with E-state index in [2.05, 4.69) is 37.4 Å². The Balaban J connectivity index is 1.65. The highest BCUT2D eigenvalue weighted by molar-refractivity contribution is 6.31. The van der Waals surface area contributed by atoms with E-state index in [1.165, 1.54) is 5.56 Å². The average Bonchev–Trinajstić information content (AvgIpc) is 3.27. The van der Waals surface area contributed by atoms with Gasteiger partial charge in [-0.05, 0) is 48.9 Å². The fourth-order valence-electron chi connectivity index (χ4n) is 4.10. The van der Waals surface area contributed by atoms with Crippen LogP contribution in [-0.2, 0) is 19.0 Å². The molecule has 0 saturated carbocycles. The number of nitrogens with one attached hydrogen (secondary N) is 1. The lowest BCUT2D eigenvalue weighted by molar-refractivity contribution is -0.144. The Morgan fingerprint density at radius 2 is 2.03 bits per heavy atom. The minimum absolute atomic E-state index is 0.123. The number of halogens is 1. The zero-order valence-corrected chi connectivity index (χ0v) is 18.8. The third kappa shape index (κ3) is 4.38. The van der Waals surface area contributed by atoms with Gasteiger partial charge in [-0.3, -0.25) is 0 Å². The summed E-state index contributed by atoms with van der Waals surface area (Å²) in [6, 6.07) is 13.4.